The van der Waals surface area contributed by atoms with Crippen molar-refractivity contribution in [2.45, 2.75) is 70.9 Å². The molecule has 5 heteroatoms. The molecule has 0 aliphatic heterocycles. The molecule has 2 rings (SSSR count). The molecule has 0 aromatic carbocycles. The van der Waals surface area contributed by atoms with Crippen LogP contribution in [0.2, 0.25) is 0 Å². The molecule has 22 heavy (non-hydrogen) atoms. The van der Waals surface area contributed by atoms with E-state index >= 15 is 0 Å². The van der Waals surface area contributed by atoms with Gasteiger partial charge in [-0.15, -0.1) is 0 Å². The molecule has 4 N–H and O–H groups in total. The van der Waals surface area contributed by atoms with Crippen LogP contribution in [0.4, 0.5) is 0 Å². The first-order valence-corrected chi connectivity index (χ1v) is 8.77. The fourth-order valence-electron chi connectivity index (χ4n) is 4.04. The van der Waals surface area contributed by atoms with E-state index in [1.165, 1.54) is 19.3 Å². The molecule has 2 atom stereocenters. The molecule has 2 unspecified atom stereocenters. The third kappa shape index (κ3) is 4.97. The van der Waals surface area contributed by atoms with Crippen LogP contribution in [0.3, 0.4) is 0 Å². The monoisotopic (exact) mass is 309 g/mol. The van der Waals surface area contributed by atoms with Crippen molar-refractivity contribution < 1.29 is 9.59 Å². The van der Waals surface area contributed by atoms with Crippen molar-refractivity contribution in [1.82, 2.24) is 10.6 Å². The molecule has 2 saturated carbocycles. The van der Waals surface area contributed by atoms with Crippen molar-refractivity contribution in [2.24, 2.45) is 23.5 Å². The van der Waals surface area contributed by atoms with Gasteiger partial charge in [0, 0.05) is 31.5 Å². The van der Waals surface area contributed by atoms with Gasteiger partial charge in [0.1, 0.15) is 0 Å². The topological polar surface area (TPSA) is 84.2 Å². The van der Waals surface area contributed by atoms with Crippen LogP contribution in [0.1, 0.15) is 58.8 Å². The first kappa shape index (κ1) is 17.3. The first-order valence-electron chi connectivity index (χ1n) is 8.77. The lowest BCUT2D eigenvalue weighted by molar-refractivity contribution is -0.124. The van der Waals surface area contributed by atoms with Crippen LogP contribution in [-0.4, -0.2) is 30.4 Å². The fourth-order valence-corrected chi connectivity index (χ4v) is 4.04. The van der Waals surface area contributed by atoms with Crippen molar-refractivity contribution in [3.8, 4) is 0 Å². The second-order valence-electron chi connectivity index (χ2n) is 7.47. The zero-order chi connectivity index (χ0) is 16.1. The summed E-state index contributed by atoms with van der Waals surface area (Å²) < 4.78 is 0. The summed E-state index contributed by atoms with van der Waals surface area (Å²) in [5, 5.41) is 6.03. The van der Waals surface area contributed by atoms with Crippen LogP contribution in [0.15, 0.2) is 0 Å². The van der Waals surface area contributed by atoms with Gasteiger partial charge in [0.05, 0.1) is 0 Å². The quantitative estimate of drug-likeness (QED) is 0.696. The van der Waals surface area contributed by atoms with Gasteiger partial charge in [0.25, 0.3) is 0 Å². The summed E-state index contributed by atoms with van der Waals surface area (Å²) in [6.45, 7) is 4.45. The third-order valence-electron chi connectivity index (χ3n) is 4.97. The maximum atomic E-state index is 12.1. The second kappa shape index (κ2) is 7.95. The Morgan fingerprint density at radius 2 is 1.77 bits per heavy atom. The van der Waals surface area contributed by atoms with Gasteiger partial charge >= 0.3 is 0 Å². The molecule has 0 saturated heterocycles. The molecule has 0 aromatic heterocycles. The smallest absolute Gasteiger partial charge is 0.222 e. The zero-order valence-corrected chi connectivity index (χ0v) is 13.9. The number of carbonyl (C=O) groups is 2. The Balaban J connectivity index is 1.72. The number of fused-ring (bicyclic) bond motifs is 2. The van der Waals surface area contributed by atoms with Gasteiger partial charge in [0.15, 0.2) is 0 Å². The Morgan fingerprint density at radius 1 is 1.14 bits per heavy atom. The Morgan fingerprint density at radius 3 is 2.36 bits per heavy atom. The summed E-state index contributed by atoms with van der Waals surface area (Å²) in [7, 11) is 0. The number of carbonyl (C=O) groups excluding carboxylic acids is 2. The molecule has 126 valence electrons. The van der Waals surface area contributed by atoms with E-state index in [2.05, 4.69) is 10.6 Å². The predicted molar refractivity (Wildman–Crippen MR) is 87.1 cm³/mol. The van der Waals surface area contributed by atoms with Gasteiger partial charge in [-0.25, -0.2) is 0 Å². The number of nitrogens with two attached hydrogens (primary N) is 1. The number of hydrogen-bond acceptors (Lipinski definition) is 3. The Labute approximate surface area is 133 Å². The molecule has 2 fully saturated rings. The lowest BCUT2D eigenvalue weighted by Gasteiger charge is -2.45. The van der Waals surface area contributed by atoms with E-state index in [9.17, 15) is 9.59 Å². The van der Waals surface area contributed by atoms with E-state index in [1.54, 1.807) is 0 Å². The number of hydrogen-bond donors (Lipinski definition) is 3. The lowest BCUT2D eigenvalue weighted by atomic mass is 9.67. The average Bonchev–Trinajstić information content (AvgIpc) is 2.39. The molecule has 0 spiro atoms. The van der Waals surface area contributed by atoms with Crippen molar-refractivity contribution in [3.63, 3.8) is 0 Å². The number of amides is 2. The predicted octanol–water partition coefficient (Wildman–Crippen LogP) is 1.56. The summed E-state index contributed by atoms with van der Waals surface area (Å²) in [6.07, 6.45) is 6.58. The van der Waals surface area contributed by atoms with Gasteiger partial charge in [-0.1, -0.05) is 20.3 Å². The minimum absolute atomic E-state index is 0.0308. The van der Waals surface area contributed by atoms with Crippen LogP contribution in [0.5, 0.6) is 0 Å². The largest absolute Gasteiger partial charge is 0.356 e. The molecule has 2 bridgehead atoms. The van der Waals surface area contributed by atoms with Crippen molar-refractivity contribution in [2.75, 3.05) is 6.54 Å². The summed E-state index contributed by atoms with van der Waals surface area (Å²) in [6, 6.07) is 0.603. The number of nitrogens with one attached hydrogen (secondary N) is 2. The highest BCUT2D eigenvalue weighted by Crippen LogP contribution is 2.39. The Kier molecular flexibility index (Phi) is 6.24. The average molecular weight is 309 g/mol. The maximum Gasteiger partial charge on any atom is 0.222 e. The summed E-state index contributed by atoms with van der Waals surface area (Å²) >= 11 is 0. The third-order valence-corrected chi connectivity index (χ3v) is 4.97. The van der Waals surface area contributed by atoms with Gasteiger partial charge in [-0.2, -0.15) is 0 Å². The zero-order valence-electron chi connectivity index (χ0n) is 13.9. The standard InChI is InChI=1S/C17H31N3O2/c1-11(2)8-16(22)19-7-6-15(21)20-17-12-4-3-5-13(17)10-14(18)9-12/h11-14,17H,3-10,18H2,1-2H3,(H,19,22)(H,20,21). The fraction of sp³-hybridized carbons (Fsp3) is 0.882. The second-order valence-corrected chi connectivity index (χ2v) is 7.47. The minimum Gasteiger partial charge on any atom is -0.356 e. The van der Waals surface area contributed by atoms with Gasteiger partial charge in [0.2, 0.25) is 11.8 Å². The van der Waals surface area contributed by atoms with E-state index in [-0.39, 0.29) is 11.8 Å². The minimum atomic E-state index is 0.0308. The van der Waals surface area contributed by atoms with Crippen LogP contribution in [-0.2, 0) is 9.59 Å². The molecule has 0 heterocycles. The van der Waals surface area contributed by atoms with E-state index in [1.807, 2.05) is 13.8 Å². The highest BCUT2D eigenvalue weighted by atomic mass is 16.2. The van der Waals surface area contributed by atoms with E-state index in [0.717, 1.165) is 12.8 Å². The van der Waals surface area contributed by atoms with Crippen molar-refractivity contribution >= 4 is 11.8 Å². The van der Waals surface area contributed by atoms with E-state index < -0.39 is 0 Å². The summed E-state index contributed by atoms with van der Waals surface area (Å²) in [4.78, 5) is 23.7. The first-order chi connectivity index (χ1) is 10.5. The summed E-state index contributed by atoms with van der Waals surface area (Å²) in [5.74, 6) is 1.52. The SMILES string of the molecule is CC(C)CC(=O)NCCC(=O)NC1C2CCCC1CC(N)C2. The molecule has 0 aromatic rings. The normalized spacial score (nSPS) is 30.9. The van der Waals surface area contributed by atoms with Gasteiger partial charge < -0.3 is 16.4 Å². The van der Waals surface area contributed by atoms with Gasteiger partial charge in [-0.05, 0) is 43.4 Å². The maximum absolute atomic E-state index is 12.1. The molecular weight excluding hydrogens is 278 g/mol. The highest BCUT2D eigenvalue weighted by Gasteiger charge is 2.39. The van der Waals surface area contributed by atoms with Crippen LogP contribution in [0, 0.1) is 17.8 Å². The molecule has 5 nitrogen and oxygen atoms in total. The van der Waals surface area contributed by atoms with Crippen molar-refractivity contribution in [3.05, 3.63) is 0 Å². The summed E-state index contributed by atoms with van der Waals surface area (Å²) in [5.41, 5.74) is 6.11. The molecule has 0 radical (unpaired) electrons. The van der Waals surface area contributed by atoms with Crippen LogP contribution >= 0.6 is 0 Å². The molecule has 2 aliphatic rings. The molecular formula is C17H31N3O2. The molecule has 2 aliphatic carbocycles. The Hall–Kier alpha value is -1.10. The van der Waals surface area contributed by atoms with Crippen LogP contribution in [0.25, 0.3) is 0 Å². The molecule has 2 amide bonds. The van der Waals surface area contributed by atoms with E-state index in [4.69, 9.17) is 5.73 Å². The number of rotatable bonds is 6. The Bertz CT molecular complexity index is 383. The van der Waals surface area contributed by atoms with Crippen LogP contribution < -0.4 is 16.4 Å². The lowest BCUT2D eigenvalue weighted by Crippen LogP contribution is -2.54. The van der Waals surface area contributed by atoms with E-state index in [0.29, 0.717) is 49.2 Å². The van der Waals surface area contributed by atoms with Gasteiger partial charge in [-0.3, -0.25) is 9.59 Å². The highest BCUT2D eigenvalue weighted by molar-refractivity contribution is 5.79. The van der Waals surface area contributed by atoms with Crippen molar-refractivity contribution in [1.29, 1.82) is 0 Å².